The Morgan fingerprint density at radius 2 is 2.26 bits per heavy atom. The number of aryl methyl sites for hydroxylation is 1. The van der Waals surface area contributed by atoms with E-state index in [4.69, 9.17) is 0 Å². The Kier molecular flexibility index (Phi) is 4.13. The molecule has 0 radical (unpaired) electrons. The molecule has 0 bridgehead atoms. The molecule has 1 aromatic heterocycles. The summed E-state index contributed by atoms with van der Waals surface area (Å²) in [5.41, 5.74) is 0. The van der Waals surface area contributed by atoms with Crippen LogP contribution >= 0.6 is 0 Å². The van der Waals surface area contributed by atoms with Gasteiger partial charge in [0.25, 0.3) is 0 Å². The van der Waals surface area contributed by atoms with E-state index in [0.29, 0.717) is 6.04 Å². The lowest BCUT2D eigenvalue weighted by Crippen LogP contribution is -2.46. The monoisotopic (exact) mass is 263 g/mol. The van der Waals surface area contributed by atoms with Crippen LogP contribution < -0.4 is 10.6 Å². The molecule has 1 saturated heterocycles. The van der Waals surface area contributed by atoms with Gasteiger partial charge in [0, 0.05) is 19.1 Å². The van der Waals surface area contributed by atoms with Gasteiger partial charge < -0.3 is 15.2 Å². The Labute approximate surface area is 115 Å². The van der Waals surface area contributed by atoms with Gasteiger partial charge in [0.1, 0.15) is 12.2 Å². The fourth-order valence-corrected chi connectivity index (χ4v) is 3.66. The van der Waals surface area contributed by atoms with Crippen LogP contribution in [0.1, 0.15) is 44.3 Å². The van der Waals surface area contributed by atoms with Gasteiger partial charge in [-0.25, -0.2) is 0 Å². The number of hydrogen-bond acceptors (Lipinski definition) is 4. The minimum Gasteiger partial charge on any atom is -0.320 e. The third-order valence-corrected chi connectivity index (χ3v) is 4.76. The van der Waals surface area contributed by atoms with Gasteiger partial charge in [-0.15, -0.1) is 10.2 Å². The normalized spacial score (nSPS) is 31.7. The van der Waals surface area contributed by atoms with Crippen LogP contribution in [0.4, 0.5) is 0 Å². The van der Waals surface area contributed by atoms with Crippen LogP contribution in [0.15, 0.2) is 6.33 Å². The van der Waals surface area contributed by atoms with E-state index in [9.17, 15) is 0 Å². The Bertz CT molecular complexity index is 396. The topological polar surface area (TPSA) is 54.8 Å². The van der Waals surface area contributed by atoms with Crippen molar-refractivity contribution < 1.29 is 0 Å². The molecule has 3 rings (SSSR count). The largest absolute Gasteiger partial charge is 0.320 e. The third-order valence-electron chi connectivity index (χ3n) is 4.76. The highest BCUT2D eigenvalue weighted by atomic mass is 15.3. The summed E-state index contributed by atoms with van der Waals surface area (Å²) in [6.45, 7) is 2.04. The van der Waals surface area contributed by atoms with Gasteiger partial charge in [-0.05, 0) is 38.1 Å². The minimum absolute atomic E-state index is 0.646. The van der Waals surface area contributed by atoms with Gasteiger partial charge in [-0.2, -0.15) is 0 Å². The Morgan fingerprint density at radius 1 is 1.32 bits per heavy atom. The summed E-state index contributed by atoms with van der Waals surface area (Å²) in [6, 6.07) is 1.38. The van der Waals surface area contributed by atoms with E-state index >= 15 is 0 Å². The van der Waals surface area contributed by atoms with Gasteiger partial charge in [-0.1, -0.05) is 12.8 Å². The van der Waals surface area contributed by atoms with E-state index in [0.717, 1.165) is 24.3 Å². The molecule has 2 fully saturated rings. The van der Waals surface area contributed by atoms with E-state index in [1.807, 2.05) is 11.6 Å². The first-order chi connectivity index (χ1) is 9.34. The maximum Gasteiger partial charge on any atom is 0.146 e. The SMILES string of the molecule is Cn1cnnc1CNC1CCCC1C1CCCCN1. The molecule has 2 N–H and O–H groups in total. The summed E-state index contributed by atoms with van der Waals surface area (Å²) in [5.74, 6) is 1.83. The first-order valence-electron chi connectivity index (χ1n) is 7.64. The summed E-state index contributed by atoms with van der Waals surface area (Å²) >= 11 is 0. The number of piperidine rings is 1. The molecular weight excluding hydrogens is 238 g/mol. The van der Waals surface area contributed by atoms with Crippen molar-refractivity contribution in [1.29, 1.82) is 0 Å². The van der Waals surface area contributed by atoms with Gasteiger partial charge in [-0.3, -0.25) is 0 Å². The van der Waals surface area contributed by atoms with Crippen molar-refractivity contribution in [2.75, 3.05) is 6.54 Å². The number of hydrogen-bond donors (Lipinski definition) is 2. The second kappa shape index (κ2) is 6.01. The second-order valence-electron chi connectivity index (χ2n) is 6.00. The molecule has 1 saturated carbocycles. The summed E-state index contributed by atoms with van der Waals surface area (Å²) in [5, 5.41) is 15.5. The summed E-state index contributed by atoms with van der Waals surface area (Å²) in [4.78, 5) is 0. The first kappa shape index (κ1) is 13.1. The molecule has 5 nitrogen and oxygen atoms in total. The van der Waals surface area contributed by atoms with Crippen LogP contribution in [0, 0.1) is 5.92 Å². The minimum atomic E-state index is 0.646. The standard InChI is InChI=1S/C14H25N5/c1-19-10-17-18-14(19)9-16-13-7-4-5-11(13)12-6-2-3-8-15-12/h10-13,15-16H,2-9H2,1H3. The molecule has 0 amide bonds. The highest BCUT2D eigenvalue weighted by molar-refractivity contribution is 4.94. The summed E-state index contributed by atoms with van der Waals surface area (Å²) < 4.78 is 2.00. The van der Waals surface area contributed by atoms with Crippen LogP contribution in [0.25, 0.3) is 0 Å². The molecule has 2 heterocycles. The van der Waals surface area contributed by atoms with Crippen molar-refractivity contribution in [1.82, 2.24) is 25.4 Å². The quantitative estimate of drug-likeness (QED) is 0.857. The second-order valence-corrected chi connectivity index (χ2v) is 6.00. The van der Waals surface area contributed by atoms with E-state index in [1.54, 1.807) is 6.33 Å². The lowest BCUT2D eigenvalue weighted by molar-refractivity contribution is 0.255. The van der Waals surface area contributed by atoms with Crippen LogP contribution in [0.5, 0.6) is 0 Å². The highest BCUT2D eigenvalue weighted by Gasteiger charge is 2.33. The van der Waals surface area contributed by atoms with Gasteiger partial charge in [0.05, 0.1) is 6.54 Å². The fraction of sp³-hybridized carbons (Fsp3) is 0.857. The van der Waals surface area contributed by atoms with Crippen molar-refractivity contribution in [2.45, 2.75) is 57.2 Å². The van der Waals surface area contributed by atoms with Crippen LogP contribution in [-0.4, -0.2) is 33.4 Å². The van der Waals surface area contributed by atoms with E-state index in [-0.39, 0.29) is 0 Å². The van der Waals surface area contributed by atoms with Gasteiger partial charge >= 0.3 is 0 Å². The van der Waals surface area contributed by atoms with E-state index < -0.39 is 0 Å². The molecule has 106 valence electrons. The number of nitrogens with zero attached hydrogens (tertiary/aromatic N) is 3. The zero-order chi connectivity index (χ0) is 13.1. The molecule has 0 spiro atoms. The predicted octanol–water partition coefficient (Wildman–Crippen LogP) is 1.22. The highest BCUT2D eigenvalue weighted by Crippen LogP contribution is 2.31. The number of aromatic nitrogens is 3. The molecule has 3 unspecified atom stereocenters. The molecule has 3 atom stereocenters. The van der Waals surface area contributed by atoms with Crippen molar-refractivity contribution >= 4 is 0 Å². The zero-order valence-electron chi connectivity index (χ0n) is 11.8. The lowest BCUT2D eigenvalue weighted by atomic mass is 9.88. The number of nitrogens with one attached hydrogen (secondary N) is 2. The van der Waals surface area contributed by atoms with Crippen molar-refractivity contribution in [3.63, 3.8) is 0 Å². The van der Waals surface area contributed by atoms with E-state index in [2.05, 4.69) is 20.8 Å². The van der Waals surface area contributed by atoms with Gasteiger partial charge in [0.2, 0.25) is 0 Å². The Morgan fingerprint density at radius 3 is 3.00 bits per heavy atom. The van der Waals surface area contributed by atoms with Crippen molar-refractivity contribution in [3.8, 4) is 0 Å². The molecular formula is C14H25N5. The average Bonchev–Trinajstić information content (AvgIpc) is 3.06. The van der Waals surface area contributed by atoms with Crippen molar-refractivity contribution in [3.05, 3.63) is 12.2 Å². The zero-order valence-corrected chi connectivity index (χ0v) is 11.8. The lowest BCUT2D eigenvalue weighted by Gasteiger charge is -2.33. The summed E-state index contributed by atoms with van der Waals surface area (Å²) in [7, 11) is 2.01. The van der Waals surface area contributed by atoms with Crippen molar-refractivity contribution in [2.24, 2.45) is 13.0 Å². The van der Waals surface area contributed by atoms with Crippen LogP contribution in [0.3, 0.4) is 0 Å². The Balaban J connectivity index is 1.55. The molecule has 19 heavy (non-hydrogen) atoms. The molecule has 1 aliphatic carbocycles. The maximum absolute atomic E-state index is 4.15. The van der Waals surface area contributed by atoms with Gasteiger partial charge in [0.15, 0.2) is 0 Å². The van der Waals surface area contributed by atoms with Crippen LogP contribution in [0.2, 0.25) is 0 Å². The van der Waals surface area contributed by atoms with E-state index in [1.165, 1.54) is 45.1 Å². The molecule has 1 aromatic rings. The average molecular weight is 263 g/mol. The Hall–Kier alpha value is -0.940. The first-order valence-corrected chi connectivity index (χ1v) is 7.64. The third kappa shape index (κ3) is 2.98. The number of rotatable bonds is 4. The molecule has 2 aliphatic rings. The fourth-order valence-electron chi connectivity index (χ4n) is 3.66. The molecule has 1 aliphatic heterocycles. The predicted molar refractivity (Wildman–Crippen MR) is 74.6 cm³/mol. The smallest absolute Gasteiger partial charge is 0.146 e. The van der Waals surface area contributed by atoms with Crippen LogP contribution in [-0.2, 0) is 13.6 Å². The summed E-state index contributed by atoms with van der Waals surface area (Å²) in [6.07, 6.45) is 9.90. The maximum atomic E-state index is 4.15. The molecule has 0 aromatic carbocycles. The molecule has 5 heteroatoms.